The second-order valence-electron chi connectivity index (χ2n) is 5.97. The summed E-state index contributed by atoms with van der Waals surface area (Å²) in [5.74, 6) is -0.289. The van der Waals surface area contributed by atoms with Crippen LogP contribution in [0.5, 0.6) is 0 Å². The zero-order valence-electron chi connectivity index (χ0n) is 13.3. The van der Waals surface area contributed by atoms with Gasteiger partial charge in [0.05, 0.1) is 0 Å². The van der Waals surface area contributed by atoms with Crippen LogP contribution in [0.2, 0.25) is 0 Å². The monoisotopic (exact) mass is 333 g/mol. The predicted molar refractivity (Wildman–Crippen MR) is 90.1 cm³/mol. The molecule has 0 unspecified atom stereocenters. The Hall–Kier alpha value is -1.79. The number of carbonyl (C=O) groups excluding carboxylic acids is 1. The summed E-state index contributed by atoms with van der Waals surface area (Å²) in [6.45, 7) is 7.62. The van der Waals surface area contributed by atoms with Crippen molar-refractivity contribution in [3.8, 4) is 10.6 Å². The van der Waals surface area contributed by atoms with Crippen molar-refractivity contribution in [1.29, 1.82) is 0 Å². The first-order valence-electron chi connectivity index (χ1n) is 7.79. The molecular weight excluding hydrogens is 313 g/mol. The molecule has 0 bridgehead atoms. The molecule has 1 aliphatic heterocycles. The van der Waals surface area contributed by atoms with Gasteiger partial charge in [0.25, 0.3) is 5.91 Å². The van der Waals surface area contributed by atoms with Crippen LogP contribution in [-0.4, -0.2) is 52.9 Å². The van der Waals surface area contributed by atoms with E-state index in [-0.39, 0.29) is 11.7 Å². The van der Waals surface area contributed by atoms with E-state index in [1.54, 1.807) is 17.5 Å². The standard InChI is InChI=1S/C17H20FN3OS/c1-12(2)20-7-9-21(10-8-20)17(22)15-11-23-16(19-15)13-3-5-14(18)6-4-13/h3-6,11-12H,7-10H2,1-2H3. The van der Waals surface area contributed by atoms with Crippen LogP contribution >= 0.6 is 11.3 Å². The number of halogens is 1. The predicted octanol–water partition coefficient (Wildman–Crippen LogP) is 3.12. The van der Waals surface area contributed by atoms with E-state index in [1.165, 1.54) is 23.5 Å². The van der Waals surface area contributed by atoms with Crippen molar-refractivity contribution in [3.63, 3.8) is 0 Å². The Morgan fingerprint density at radius 3 is 2.43 bits per heavy atom. The average Bonchev–Trinajstić information content (AvgIpc) is 3.05. The van der Waals surface area contributed by atoms with Gasteiger partial charge in [0.1, 0.15) is 16.5 Å². The van der Waals surface area contributed by atoms with E-state index in [4.69, 9.17) is 0 Å². The van der Waals surface area contributed by atoms with Crippen LogP contribution in [0, 0.1) is 5.82 Å². The number of benzene rings is 1. The maximum atomic E-state index is 13.0. The molecule has 1 saturated heterocycles. The number of amides is 1. The van der Waals surface area contributed by atoms with E-state index in [0.717, 1.165) is 36.8 Å². The van der Waals surface area contributed by atoms with Crippen molar-refractivity contribution >= 4 is 17.2 Å². The summed E-state index contributed by atoms with van der Waals surface area (Å²) >= 11 is 1.41. The molecule has 0 saturated carbocycles. The van der Waals surface area contributed by atoms with Gasteiger partial charge in [-0.25, -0.2) is 9.37 Å². The fourth-order valence-corrected chi connectivity index (χ4v) is 3.50. The van der Waals surface area contributed by atoms with Gasteiger partial charge in [-0.1, -0.05) is 0 Å². The molecule has 6 heteroatoms. The molecule has 0 aliphatic carbocycles. The van der Waals surface area contributed by atoms with Crippen LogP contribution in [0.15, 0.2) is 29.6 Å². The van der Waals surface area contributed by atoms with Crippen molar-refractivity contribution in [2.75, 3.05) is 26.2 Å². The van der Waals surface area contributed by atoms with Gasteiger partial charge >= 0.3 is 0 Å². The van der Waals surface area contributed by atoms with Crippen LogP contribution in [0.4, 0.5) is 4.39 Å². The molecule has 2 aromatic rings. The number of nitrogens with zero attached hydrogens (tertiary/aromatic N) is 3. The van der Waals surface area contributed by atoms with Crippen LogP contribution in [0.3, 0.4) is 0 Å². The molecule has 23 heavy (non-hydrogen) atoms. The van der Waals surface area contributed by atoms with Crippen molar-refractivity contribution in [1.82, 2.24) is 14.8 Å². The first kappa shape index (κ1) is 16.1. The zero-order chi connectivity index (χ0) is 16.4. The van der Waals surface area contributed by atoms with Gasteiger partial charge < -0.3 is 4.90 Å². The minimum Gasteiger partial charge on any atom is -0.335 e. The second-order valence-corrected chi connectivity index (χ2v) is 6.82. The Kier molecular flexibility index (Phi) is 4.73. The van der Waals surface area contributed by atoms with Crippen LogP contribution in [0.1, 0.15) is 24.3 Å². The summed E-state index contributed by atoms with van der Waals surface area (Å²) < 4.78 is 13.0. The summed E-state index contributed by atoms with van der Waals surface area (Å²) in [5.41, 5.74) is 1.31. The molecule has 0 radical (unpaired) electrons. The highest BCUT2D eigenvalue weighted by Crippen LogP contribution is 2.24. The molecule has 4 nitrogen and oxygen atoms in total. The van der Waals surface area contributed by atoms with E-state index < -0.39 is 0 Å². The molecule has 122 valence electrons. The quantitative estimate of drug-likeness (QED) is 0.866. The molecule has 1 fully saturated rings. The summed E-state index contributed by atoms with van der Waals surface area (Å²) in [4.78, 5) is 21.2. The van der Waals surface area contributed by atoms with Gasteiger partial charge in [-0.3, -0.25) is 9.69 Å². The first-order valence-corrected chi connectivity index (χ1v) is 8.67. The topological polar surface area (TPSA) is 36.4 Å². The summed E-state index contributed by atoms with van der Waals surface area (Å²) in [6, 6.07) is 6.69. The van der Waals surface area contributed by atoms with Gasteiger partial charge in [-0.15, -0.1) is 11.3 Å². The third-order valence-corrected chi connectivity index (χ3v) is 5.04. The number of hydrogen-bond acceptors (Lipinski definition) is 4. The van der Waals surface area contributed by atoms with Crippen LogP contribution in [-0.2, 0) is 0 Å². The highest BCUT2D eigenvalue weighted by atomic mass is 32.1. The third-order valence-electron chi connectivity index (χ3n) is 4.15. The molecular formula is C17H20FN3OS. The Morgan fingerprint density at radius 1 is 1.17 bits per heavy atom. The lowest BCUT2D eigenvalue weighted by molar-refractivity contribution is 0.0591. The third kappa shape index (κ3) is 3.59. The van der Waals surface area contributed by atoms with E-state index in [9.17, 15) is 9.18 Å². The minimum absolute atomic E-state index is 0.0157. The zero-order valence-corrected chi connectivity index (χ0v) is 14.1. The maximum absolute atomic E-state index is 13.0. The number of thiazole rings is 1. The molecule has 1 aromatic carbocycles. The normalized spacial score (nSPS) is 16.1. The van der Waals surface area contributed by atoms with E-state index in [1.807, 2.05) is 4.90 Å². The molecule has 0 spiro atoms. The first-order chi connectivity index (χ1) is 11.0. The number of piperazine rings is 1. The Morgan fingerprint density at radius 2 is 1.83 bits per heavy atom. The van der Waals surface area contributed by atoms with Gasteiger partial charge in [-0.05, 0) is 38.1 Å². The van der Waals surface area contributed by atoms with Gasteiger partial charge in [0.15, 0.2) is 0 Å². The molecule has 1 aliphatic rings. The Balaban J connectivity index is 1.68. The number of aromatic nitrogens is 1. The van der Waals surface area contributed by atoms with Crippen molar-refractivity contribution in [2.45, 2.75) is 19.9 Å². The fourth-order valence-electron chi connectivity index (χ4n) is 2.70. The molecule has 2 heterocycles. The molecule has 3 rings (SSSR count). The van der Waals surface area contributed by atoms with E-state index in [2.05, 4.69) is 23.7 Å². The largest absolute Gasteiger partial charge is 0.335 e. The smallest absolute Gasteiger partial charge is 0.273 e. The summed E-state index contributed by atoms with van der Waals surface area (Å²) in [5, 5.41) is 2.53. The lowest BCUT2D eigenvalue weighted by Crippen LogP contribution is -2.50. The maximum Gasteiger partial charge on any atom is 0.273 e. The number of carbonyl (C=O) groups is 1. The molecule has 1 aromatic heterocycles. The number of rotatable bonds is 3. The van der Waals surface area contributed by atoms with Crippen molar-refractivity contribution in [3.05, 3.63) is 41.2 Å². The molecule has 0 N–H and O–H groups in total. The van der Waals surface area contributed by atoms with E-state index in [0.29, 0.717) is 11.7 Å². The average molecular weight is 333 g/mol. The van der Waals surface area contributed by atoms with Crippen LogP contribution < -0.4 is 0 Å². The second kappa shape index (κ2) is 6.76. The molecule has 1 amide bonds. The SMILES string of the molecule is CC(C)N1CCN(C(=O)c2csc(-c3ccc(F)cc3)n2)CC1. The van der Waals surface area contributed by atoms with Crippen molar-refractivity contribution in [2.24, 2.45) is 0 Å². The lowest BCUT2D eigenvalue weighted by Gasteiger charge is -2.36. The van der Waals surface area contributed by atoms with Gasteiger partial charge in [0, 0.05) is 43.2 Å². The van der Waals surface area contributed by atoms with Crippen LogP contribution in [0.25, 0.3) is 10.6 Å². The number of hydrogen-bond donors (Lipinski definition) is 0. The summed E-state index contributed by atoms with van der Waals surface area (Å²) in [7, 11) is 0. The minimum atomic E-state index is -0.273. The van der Waals surface area contributed by atoms with E-state index >= 15 is 0 Å². The molecule has 0 atom stereocenters. The summed E-state index contributed by atoms with van der Waals surface area (Å²) in [6.07, 6.45) is 0. The van der Waals surface area contributed by atoms with Crippen molar-refractivity contribution < 1.29 is 9.18 Å². The Labute approximate surface area is 139 Å². The lowest BCUT2D eigenvalue weighted by atomic mass is 10.2. The van der Waals surface area contributed by atoms with Gasteiger partial charge in [0.2, 0.25) is 0 Å². The van der Waals surface area contributed by atoms with Gasteiger partial charge in [-0.2, -0.15) is 0 Å². The highest BCUT2D eigenvalue weighted by molar-refractivity contribution is 7.13. The Bertz CT molecular complexity index is 675. The highest BCUT2D eigenvalue weighted by Gasteiger charge is 2.24. The fraction of sp³-hybridized carbons (Fsp3) is 0.412.